The molecule has 2 N–H and O–H groups in total. The summed E-state index contributed by atoms with van der Waals surface area (Å²) in [6.45, 7) is 3.05. The van der Waals surface area contributed by atoms with Gasteiger partial charge in [0.15, 0.2) is 6.10 Å². The molecule has 1 aromatic rings. The Hall–Kier alpha value is -1.62. The van der Waals surface area contributed by atoms with Crippen molar-refractivity contribution in [1.82, 2.24) is 5.32 Å². The summed E-state index contributed by atoms with van der Waals surface area (Å²) in [4.78, 5) is 11.2. The number of rotatable bonds is 4. The second kappa shape index (κ2) is 5.63. The number of likely N-dealkylation sites (N-methyl/N-ethyl adjacent to an activating group) is 1. The first-order valence-electron chi connectivity index (χ1n) is 5.31. The molecule has 1 rings (SSSR count). The van der Waals surface area contributed by atoms with E-state index in [-0.39, 0.29) is 17.2 Å². The minimum Gasteiger partial charge on any atom is -0.481 e. The first kappa shape index (κ1) is 13.4. The van der Waals surface area contributed by atoms with Crippen LogP contribution in [0.4, 0.5) is 4.39 Å². The summed E-state index contributed by atoms with van der Waals surface area (Å²) in [5.41, 5.74) is 0.199. The van der Waals surface area contributed by atoms with Crippen molar-refractivity contribution in [3.8, 4) is 5.75 Å². The Bertz CT molecular complexity index is 407. The van der Waals surface area contributed by atoms with Gasteiger partial charge in [0, 0.05) is 18.7 Å². The minimum atomic E-state index is -0.875. The molecule has 0 saturated heterocycles. The number of carbonyl (C=O) groups excluding carboxylic acids is 1. The van der Waals surface area contributed by atoms with E-state index < -0.39 is 18.0 Å². The fourth-order valence-corrected chi connectivity index (χ4v) is 1.38. The molecule has 1 amide bonds. The molecule has 0 fully saturated rings. The SMILES string of the molecule is CNC(=O)C(C)Oc1ccc([C@H](C)O)c(F)c1. The van der Waals surface area contributed by atoms with Gasteiger partial charge in [-0.15, -0.1) is 0 Å². The molecule has 0 heterocycles. The van der Waals surface area contributed by atoms with Gasteiger partial charge in [-0.3, -0.25) is 4.79 Å². The molecule has 1 unspecified atom stereocenters. The molecule has 0 aliphatic carbocycles. The van der Waals surface area contributed by atoms with E-state index in [1.807, 2.05) is 0 Å². The molecule has 0 aliphatic heterocycles. The van der Waals surface area contributed by atoms with Crippen molar-refractivity contribution in [1.29, 1.82) is 0 Å². The molecule has 4 nitrogen and oxygen atoms in total. The third-order valence-electron chi connectivity index (χ3n) is 2.35. The van der Waals surface area contributed by atoms with Crippen molar-refractivity contribution in [2.24, 2.45) is 0 Å². The van der Waals surface area contributed by atoms with Crippen LogP contribution in [-0.4, -0.2) is 24.2 Å². The monoisotopic (exact) mass is 241 g/mol. The number of carbonyl (C=O) groups is 1. The fourth-order valence-electron chi connectivity index (χ4n) is 1.38. The van der Waals surface area contributed by atoms with E-state index in [1.165, 1.54) is 26.1 Å². The Morgan fingerprint density at radius 2 is 2.12 bits per heavy atom. The van der Waals surface area contributed by atoms with Gasteiger partial charge in [0.2, 0.25) is 0 Å². The number of hydrogen-bond acceptors (Lipinski definition) is 3. The van der Waals surface area contributed by atoms with Gasteiger partial charge in [0.25, 0.3) is 5.91 Å². The van der Waals surface area contributed by atoms with Gasteiger partial charge in [-0.2, -0.15) is 0 Å². The highest BCUT2D eigenvalue weighted by molar-refractivity contribution is 5.80. The molecule has 2 atom stereocenters. The largest absolute Gasteiger partial charge is 0.481 e. The van der Waals surface area contributed by atoms with Crippen molar-refractivity contribution in [3.63, 3.8) is 0 Å². The molecule has 94 valence electrons. The van der Waals surface area contributed by atoms with Crippen LogP contribution in [0.2, 0.25) is 0 Å². The van der Waals surface area contributed by atoms with Crippen molar-refractivity contribution in [2.75, 3.05) is 7.05 Å². The van der Waals surface area contributed by atoms with Crippen molar-refractivity contribution < 1.29 is 19.0 Å². The molecule has 0 radical (unpaired) electrons. The van der Waals surface area contributed by atoms with Crippen LogP contribution in [0.1, 0.15) is 25.5 Å². The minimum absolute atomic E-state index is 0.199. The summed E-state index contributed by atoms with van der Waals surface area (Å²) in [5.74, 6) is -0.588. The topological polar surface area (TPSA) is 58.6 Å². The molecule has 1 aromatic carbocycles. The van der Waals surface area contributed by atoms with Crippen LogP contribution in [0.5, 0.6) is 5.75 Å². The molecule has 0 aliphatic rings. The average Bonchev–Trinajstić information content (AvgIpc) is 2.27. The van der Waals surface area contributed by atoms with Crippen molar-refractivity contribution in [3.05, 3.63) is 29.6 Å². The van der Waals surface area contributed by atoms with Gasteiger partial charge in [-0.05, 0) is 26.0 Å². The van der Waals surface area contributed by atoms with E-state index in [4.69, 9.17) is 4.74 Å². The number of hydrogen-bond donors (Lipinski definition) is 2. The van der Waals surface area contributed by atoms with Gasteiger partial charge < -0.3 is 15.2 Å². The third-order valence-corrected chi connectivity index (χ3v) is 2.35. The molecule has 0 bridgehead atoms. The van der Waals surface area contributed by atoms with Crippen LogP contribution in [0.15, 0.2) is 18.2 Å². The number of ether oxygens (including phenoxy) is 1. The predicted molar refractivity (Wildman–Crippen MR) is 61.2 cm³/mol. The Balaban J connectivity index is 2.81. The molecule has 0 aromatic heterocycles. The van der Waals surface area contributed by atoms with E-state index in [0.29, 0.717) is 0 Å². The first-order valence-corrected chi connectivity index (χ1v) is 5.31. The summed E-state index contributed by atoms with van der Waals surface area (Å²) < 4.78 is 18.7. The lowest BCUT2D eigenvalue weighted by Crippen LogP contribution is -2.33. The zero-order chi connectivity index (χ0) is 13.0. The van der Waals surface area contributed by atoms with Crippen LogP contribution in [0, 0.1) is 5.82 Å². The third kappa shape index (κ3) is 3.42. The van der Waals surface area contributed by atoms with Gasteiger partial charge >= 0.3 is 0 Å². The lowest BCUT2D eigenvalue weighted by molar-refractivity contribution is -0.126. The van der Waals surface area contributed by atoms with E-state index in [0.717, 1.165) is 6.07 Å². The fraction of sp³-hybridized carbons (Fsp3) is 0.417. The predicted octanol–water partition coefficient (Wildman–Crippen LogP) is 1.39. The highest BCUT2D eigenvalue weighted by Crippen LogP contribution is 2.22. The number of halogens is 1. The molecule has 5 heteroatoms. The second-order valence-corrected chi connectivity index (χ2v) is 3.73. The number of aliphatic hydroxyl groups is 1. The highest BCUT2D eigenvalue weighted by Gasteiger charge is 2.14. The molecule has 0 spiro atoms. The van der Waals surface area contributed by atoms with Gasteiger partial charge in [-0.1, -0.05) is 0 Å². The van der Waals surface area contributed by atoms with Gasteiger partial charge in [0.1, 0.15) is 11.6 Å². The van der Waals surface area contributed by atoms with Crippen molar-refractivity contribution in [2.45, 2.75) is 26.1 Å². The van der Waals surface area contributed by atoms with Gasteiger partial charge in [-0.25, -0.2) is 4.39 Å². The van der Waals surface area contributed by atoms with E-state index in [9.17, 15) is 14.3 Å². The summed E-state index contributed by atoms with van der Waals surface area (Å²) in [7, 11) is 1.50. The number of benzene rings is 1. The summed E-state index contributed by atoms with van der Waals surface area (Å²) in [5, 5.41) is 11.7. The van der Waals surface area contributed by atoms with Crippen molar-refractivity contribution >= 4 is 5.91 Å². The van der Waals surface area contributed by atoms with Crippen LogP contribution >= 0.6 is 0 Å². The maximum Gasteiger partial charge on any atom is 0.260 e. The maximum absolute atomic E-state index is 13.5. The van der Waals surface area contributed by atoms with Crippen LogP contribution in [0.3, 0.4) is 0 Å². The van der Waals surface area contributed by atoms with E-state index >= 15 is 0 Å². The zero-order valence-electron chi connectivity index (χ0n) is 10.0. The van der Waals surface area contributed by atoms with E-state index in [1.54, 1.807) is 6.92 Å². The van der Waals surface area contributed by atoms with Crippen LogP contribution in [0.25, 0.3) is 0 Å². The van der Waals surface area contributed by atoms with Gasteiger partial charge in [0.05, 0.1) is 6.10 Å². The Labute approximate surface area is 99.4 Å². The molecule has 0 saturated carbocycles. The second-order valence-electron chi connectivity index (χ2n) is 3.73. The standard InChI is InChI=1S/C12H16FNO3/c1-7(15)10-5-4-9(6-11(10)13)17-8(2)12(16)14-3/h4-8,15H,1-3H3,(H,14,16)/t7-,8?/m0/s1. The normalized spacial score (nSPS) is 13.9. The van der Waals surface area contributed by atoms with Crippen LogP contribution < -0.4 is 10.1 Å². The maximum atomic E-state index is 13.5. The Morgan fingerprint density at radius 3 is 2.59 bits per heavy atom. The van der Waals surface area contributed by atoms with E-state index in [2.05, 4.69) is 5.32 Å². The molecule has 17 heavy (non-hydrogen) atoms. The summed E-state index contributed by atoms with van der Waals surface area (Å²) >= 11 is 0. The number of amides is 1. The average molecular weight is 241 g/mol. The number of aliphatic hydroxyl groups excluding tert-OH is 1. The zero-order valence-corrected chi connectivity index (χ0v) is 10.0. The Kier molecular flexibility index (Phi) is 4.45. The smallest absolute Gasteiger partial charge is 0.260 e. The lowest BCUT2D eigenvalue weighted by Gasteiger charge is -2.14. The molecular weight excluding hydrogens is 225 g/mol. The lowest BCUT2D eigenvalue weighted by atomic mass is 10.1. The molecular formula is C12H16FNO3. The Morgan fingerprint density at radius 1 is 1.47 bits per heavy atom. The quantitative estimate of drug-likeness (QED) is 0.837. The number of nitrogens with one attached hydrogen (secondary N) is 1. The summed E-state index contributed by atoms with van der Waals surface area (Å²) in [6.07, 6.45) is -1.57. The first-order chi connectivity index (χ1) is 7.95. The summed E-state index contributed by atoms with van der Waals surface area (Å²) in [6, 6.07) is 4.11. The highest BCUT2D eigenvalue weighted by atomic mass is 19.1. The van der Waals surface area contributed by atoms with Crippen LogP contribution in [-0.2, 0) is 4.79 Å².